The molecule has 1 aliphatic heterocycles. The number of sulfone groups is 1. The van der Waals surface area contributed by atoms with E-state index >= 15 is 0 Å². The van der Waals surface area contributed by atoms with Crippen molar-refractivity contribution in [2.45, 2.75) is 10.1 Å². The lowest BCUT2D eigenvalue weighted by Crippen LogP contribution is -2.10. The van der Waals surface area contributed by atoms with Crippen LogP contribution in [-0.2, 0) is 9.84 Å². The van der Waals surface area contributed by atoms with Crippen LogP contribution in [0.25, 0.3) is 0 Å². The first-order valence-corrected chi connectivity index (χ1v) is 11.7. The molecule has 1 saturated heterocycles. The molecule has 0 aliphatic carbocycles. The highest BCUT2D eigenvalue weighted by atomic mass is 32.2. The molecule has 5 nitrogen and oxygen atoms in total. The molecule has 0 aromatic heterocycles. The van der Waals surface area contributed by atoms with Crippen molar-refractivity contribution >= 4 is 27.6 Å². The number of thioether (sulfide) groups is 1. The standard InChI is InChI=1S/C22H18O5S2/c23-22(16-4-2-1-3-5-16)27-19-8-6-17(7-9-19)26-18-10-12-21(13-11-18)29(24,25)15-20-14-28-20/h1-13,20H,14-15H2. The number of carbonyl (C=O) groups is 1. The largest absolute Gasteiger partial charge is 0.457 e. The molecular formula is C22H18O5S2. The third-order valence-electron chi connectivity index (χ3n) is 4.27. The molecule has 0 amide bonds. The molecule has 1 heterocycles. The Hall–Kier alpha value is -2.77. The molecule has 3 aromatic rings. The van der Waals surface area contributed by atoms with Crippen LogP contribution in [0.1, 0.15) is 10.4 Å². The second-order valence-electron chi connectivity index (χ2n) is 6.54. The molecule has 0 radical (unpaired) electrons. The lowest BCUT2D eigenvalue weighted by atomic mass is 10.2. The van der Waals surface area contributed by atoms with Crippen molar-refractivity contribution in [3.8, 4) is 17.2 Å². The fourth-order valence-corrected chi connectivity index (χ4v) is 5.35. The first-order valence-electron chi connectivity index (χ1n) is 8.99. The van der Waals surface area contributed by atoms with E-state index in [2.05, 4.69) is 0 Å². The van der Waals surface area contributed by atoms with Crippen molar-refractivity contribution in [2.24, 2.45) is 0 Å². The minimum absolute atomic E-state index is 0.182. The second-order valence-corrected chi connectivity index (χ2v) is 9.90. The predicted octanol–water partition coefficient (Wildman–Crippen LogP) is 4.59. The number of benzene rings is 3. The summed E-state index contributed by atoms with van der Waals surface area (Å²) in [6.07, 6.45) is 0. The monoisotopic (exact) mass is 426 g/mol. The fraction of sp³-hybridized carbons (Fsp3) is 0.136. The number of esters is 1. The Bertz CT molecular complexity index is 1090. The third-order valence-corrected chi connectivity index (χ3v) is 7.28. The van der Waals surface area contributed by atoms with Gasteiger partial charge in [0.1, 0.15) is 17.2 Å². The van der Waals surface area contributed by atoms with Crippen LogP contribution < -0.4 is 9.47 Å². The van der Waals surface area contributed by atoms with E-state index in [4.69, 9.17) is 9.47 Å². The van der Waals surface area contributed by atoms with Gasteiger partial charge in [0, 0.05) is 11.0 Å². The summed E-state index contributed by atoms with van der Waals surface area (Å²) in [4.78, 5) is 12.4. The molecule has 1 aliphatic rings. The summed E-state index contributed by atoms with van der Waals surface area (Å²) in [6, 6.07) is 21.8. The lowest BCUT2D eigenvalue weighted by molar-refractivity contribution is 0.0734. The van der Waals surface area contributed by atoms with Crippen LogP contribution in [0.5, 0.6) is 17.2 Å². The Morgan fingerprint density at radius 2 is 1.41 bits per heavy atom. The maximum atomic E-state index is 12.3. The number of rotatable bonds is 7. The zero-order valence-corrected chi connectivity index (χ0v) is 17.0. The Morgan fingerprint density at radius 3 is 2.00 bits per heavy atom. The van der Waals surface area contributed by atoms with Crippen molar-refractivity contribution in [2.75, 3.05) is 11.5 Å². The molecule has 0 bridgehead atoms. The van der Waals surface area contributed by atoms with E-state index in [0.717, 1.165) is 5.75 Å². The van der Waals surface area contributed by atoms with Gasteiger partial charge in [-0.3, -0.25) is 0 Å². The third kappa shape index (κ3) is 5.19. The molecule has 1 atom stereocenters. The first-order chi connectivity index (χ1) is 14.0. The van der Waals surface area contributed by atoms with E-state index in [0.29, 0.717) is 27.7 Å². The van der Waals surface area contributed by atoms with Crippen LogP contribution in [0.2, 0.25) is 0 Å². The van der Waals surface area contributed by atoms with Gasteiger partial charge in [-0.1, -0.05) is 18.2 Å². The molecular weight excluding hydrogens is 408 g/mol. The highest BCUT2D eigenvalue weighted by Gasteiger charge is 2.29. The van der Waals surface area contributed by atoms with Crippen LogP contribution in [-0.4, -0.2) is 31.1 Å². The van der Waals surface area contributed by atoms with Gasteiger partial charge < -0.3 is 9.47 Å². The molecule has 0 N–H and O–H groups in total. The lowest BCUT2D eigenvalue weighted by Gasteiger charge is -2.09. The fourth-order valence-electron chi connectivity index (χ4n) is 2.67. The van der Waals surface area contributed by atoms with Crippen molar-refractivity contribution in [1.82, 2.24) is 0 Å². The van der Waals surface area contributed by atoms with Gasteiger partial charge in [0.05, 0.1) is 16.2 Å². The van der Waals surface area contributed by atoms with Crippen molar-refractivity contribution in [1.29, 1.82) is 0 Å². The van der Waals surface area contributed by atoms with Gasteiger partial charge in [-0.05, 0) is 60.7 Å². The Morgan fingerprint density at radius 1 is 0.862 bits per heavy atom. The van der Waals surface area contributed by atoms with Gasteiger partial charge in [0.15, 0.2) is 9.84 Å². The van der Waals surface area contributed by atoms with Gasteiger partial charge in [-0.25, -0.2) is 13.2 Å². The zero-order chi connectivity index (χ0) is 20.3. The first kappa shape index (κ1) is 19.5. The summed E-state index contributed by atoms with van der Waals surface area (Å²) >= 11 is 1.66. The number of hydrogen-bond acceptors (Lipinski definition) is 6. The Labute approximate surface area is 173 Å². The topological polar surface area (TPSA) is 69.7 Å². The van der Waals surface area contributed by atoms with E-state index in [1.807, 2.05) is 6.07 Å². The van der Waals surface area contributed by atoms with E-state index in [1.54, 1.807) is 84.6 Å². The summed E-state index contributed by atoms with van der Waals surface area (Å²) in [5, 5.41) is 0.227. The number of ether oxygens (including phenoxy) is 2. The molecule has 0 saturated carbocycles. The smallest absolute Gasteiger partial charge is 0.343 e. The zero-order valence-electron chi connectivity index (χ0n) is 15.4. The Kier molecular flexibility index (Phi) is 5.60. The van der Waals surface area contributed by atoms with Gasteiger partial charge >= 0.3 is 5.97 Å². The van der Waals surface area contributed by atoms with Crippen LogP contribution >= 0.6 is 11.8 Å². The van der Waals surface area contributed by atoms with Crippen molar-refractivity contribution in [3.05, 3.63) is 84.4 Å². The summed E-state index contributed by atoms with van der Waals surface area (Å²) in [5.41, 5.74) is 0.475. The minimum atomic E-state index is -3.25. The molecule has 3 aromatic carbocycles. The maximum absolute atomic E-state index is 12.3. The summed E-state index contributed by atoms with van der Waals surface area (Å²) in [5.74, 6) is 2.15. The van der Waals surface area contributed by atoms with Gasteiger partial charge in [-0.15, -0.1) is 0 Å². The van der Waals surface area contributed by atoms with Crippen molar-refractivity contribution in [3.63, 3.8) is 0 Å². The summed E-state index contributed by atoms with van der Waals surface area (Å²) in [7, 11) is -3.25. The molecule has 0 spiro atoms. The molecule has 1 fully saturated rings. The van der Waals surface area contributed by atoms with E-state index in [9.17, 15) is 13.2 Å². The van der Waals surface area contributed by atoms with E-state index < -0.39 is 15.8 Å². The van der Waals surface area contributed by atoms with Crippen LogP contribution in [0, 0.1) is 0 Å². The summed E-state index contributed by atoms with van der Waals surface area (Å²) < 4.78 is 35.6. The average molecular weight is 427 g/mol. The van der Waals surface area contributed by atoms with Gasteiger partial charge in [0.25, 0.3) is 0 Å². The molecule has 7 heteroatoms. The summed E-state index contributed by atoms with van der Waals surface area (Å²) in [6.45, 7) is 0. The van der Waals surface area contributed by atoms with Crippen LogP contribution in [0.3, 0.4) is 0 Å². The quantitative estimate of drug-likeness (QED) is 0.313. The molecule has 148 valence electrons. The van der Waals surface area contributed by atoms with Crippen molar-refractivity contribution < 1.29 is 22.7 Å². The highest BCUT2D eigenvalue weighted by Crippen LogP contribution is 2.33. The number of hydrogen-bond donors (Lipinski definition) is 0. The Balaban J connectivity index is 1.38. The molecule has 1 unspecified atom stereocenters. The van der Waals surface area contributed by atoms with Crippen LogP contribution in [0.4, 0.5) is 0 Å². The van der Waals surface area contributed by atoms with E-state index in [-0.39, 0.29) is 11.0 Å². The highest BCUT2D eigenvalue weighted by molar-refractivity contribution is 8.08. The van der Waals surface area contributed by atoms with Crippen LogP contribution in [0.15, 0.2) is 83.8 Å². The maximum Gasteiger partial charge on any atom is 0.343 e. The normalized spacial score (nSPS) is 15.5. The SMILES string of the molecule is O=C(Oc1ccc(Oc2ccc(S(=O)(=O)CC3CS3)cc2)cc1)c1ccccc1. The number of carbonyl (C=O) groups excluding carboxylic acids is 1. The second kappa shape index (κ2) is 8.31. The van der Waals surface area contributed by atoms with Gasteiger partial charge in [-0.2, -0.15) is 11.8 Å². The molecule has 29 heavy (non-hydrogen) atoms. The molecule has 4 rings (SSSR count). The van der Waals surface area contributed by atoms with Gasteiger partial charge in [0.2, 0.25) is 0 Å². The predicted molar refractivity (Wildman–Crippen MR) is 113 cm³/mol. The minimum Gasteiger partial charge on any atom is -0.457 e. The van der Waals surface area contributed by atoms with E-state index in [1.165, 1.54) is 0 Å². The average Bonchev–Trinajstić information content (AvgIpc) is 3.54.